The summed E-state index contributed by atoms with van der Waals surface area (Å²) in [6, 6.07) is 8.85. The van der Waals surface area contributed by atoms with Gasteiger partial charge in [0.05, 0.1) is 18.3 Å². The molecule has 1 atom stereocenters. The molecule has 2 N–H and O–H groups in total. The van der Waals surface area contributed by atoms with Crippen LogP contribution in [-0.2, 0) is 0 Å². The van der Waals surface area contributed by atoms with E-state index in [1.54, 1.807) is 15.6 Å². The number of carbonyl (C=O) groups is 1. The summed E-state index contributed by atoms with van der Waals surface area (Å²) in [6.07, 6.45) is 1.74. The molecule has 1 aromatic carbocycles. The Bertz CT molecular complexity index is 716. The number of aromatic nitrogens is 2. The van der Waals surface area contributed by atoms with Crippen molar-refractivity contribution in [3.63, 3.8) is 0 Å². The van der Waals surface area contributed by atoms with Crippen molar-refractivity contribution in [3.8, 4) is 5.69 Å². The number of aliphatic hydroxyl groups is 1. The van der Waals surface area contributed by atoms with E-state index in [1.165, 1.54) is 0 Å². The van der Waals surface area contributed by atoms with Crippen LogP contribution in [0.4, 0.5) is 10.6 Å². The van der Waals surface area contributed by atoms with Crippen molar-refractivity contribution < 1.29 is 9.90 Å². The summed E-state index contributed by atoms with van der Waals surface area (Å²) in [5.41, 5.74) is 1.73. The zero-order valence-corrected chi connectivity index (χ0v) is 13.6. The first kappa shape index (κ1) is 15.8. The molecule has 7 heteroatoms. The SMILES string of the molecule is Cc1cc(NC(=O)N2CCC[C@@H]2CO)nn1-c1cccc(Cl)c1. The van der Waals surface area contributed by atoms with Gasteiger partial charge in [0.1, 0.15) is 0 Å². The van der Waals surface area contributed by atoms with Crippen molar-refractivity contribution in [2.45, 2.75) is 25.8 Å². The van der Waals surface area contributed by atoms with E-state index in [-0.39, 0.29) is 18.7 Å². The number of benzene rings is 1. The van der Waals surface area contributed by atoms with E-state index in [0.29, 0.717) is 17.4 Å². The van der Waals surface area contributed by atoms with Gasteiger partial charge in [-0.25, -0.2) is 9.48 Å². The third kappa shape index (κ3) is 3.33. The van der Waals surface area contributed by atoms with Gasteiger partial charge in [-0.05, 0) is 38.0 Å². The molecule has 23 heavy (non-hydrogen) atoms. The fourth-order valence-corrected chi connectivity index (χ4v) is 3.06. The molecular formula is C16H19ClN4O2. The molecule has 0 radical (unpaired) electrons. The predicted molar refractivity (Wildman–Crippen MR) is 89.1 cm³/mol. The lowest BCUT2D eigenvalue weighted by atomic mass is 10.2. The second kappa shape index (κ2) is 6.60. The molecule has 2 aromatic rings. The maximum absolute atomic E-state index is 12.3. The van der Waals surface area contributed by atoms with Gasteiger partial charge in [0.2, 0.25) is 0 Å². The number of aryl methyl sites for hydroxylation is 1. The number of nitrogens with one attached hydrogen (secondary N) is 1. The quantitative estimate of drug-likeness (QED) is 0.906. The van der Waals surface area contributed by atoms with E-state index in [9.17, 15) is 9.90 Å². The van der Waals surface area contributed by atoms with Gasteiger partial charge in [0, 0.05) is 23.3 Å². The fourth-order valence-electron chi connectivity index (χ4n) is 2.88. The molecule has 1 saturated heterocycles. The van der Waals surface area contributed by atoms with Crippen LogP contribution < -0.4 is 5.32 Å². The molecule has 2 heterocycles. The van der Waals surface area contributed by atoms with Crippen molar-refractivity contribution >= 4 is 23.4 Å². The summed E-state index contributed by atoms with van der Waals surface area (Å²) >= 11 is 6.02. The predicted octanol–water partition coefficient (Wildman–Crippen LogP) is 2.82. The number of carbonyl (C=O) groups excluding carboxylic acids is 1. The average molecular weight is 335 g/mol. The van der Waals surface area contributed by atoms with Gasteiger partial charge in [0.25, 0.3) is 0 Å². The number of halogens is 1. The van der Waals surface area contributed by atoms with Crippen LogP contribution in [0.15, 0.2) is 30.3 Å². The van der Waals surface area contributed by atoms with Crippen LogP contribution in [-0.4, -0.2) is 45.0 Å². The maximum atomic E-state index is 12.3. The Morgan fingerprint density at radius 3 is 3.04 bits per heavy atom. The first-order chi connectivity index (χ1) is 11.1. The van der Waals surface area contributed by atoms with Gasteiger partial charge in [-0.15, -0.1) is 5.10 Å². The van der Waals surface area contributed by atoms with Crippen LogP contribution in [0.1, 0.15) is 18.5 Å². The third-order valence-electron chi connectivity index (χ3n) is 4.02. The number of nitrogens with zero attached hydrogens (tertiary/aromatic N) is 3. The molecule has 1 aromatic heterocycles. The van der Waals surface area contributed by atoms with Crippen LogP contribution in [0.25, 0.3) is 5.69 Å². The van der Waals surface area contributed by atoms with E-state index in [1.807, 2.05) is 31.2 Å². The van der Waals surface area contributed by atoms with Crippen LogP contribution in [0.5, 0.6) is 0 Å². The molecule has 0 spiro atoms. The molecule has 3 rings (SSSR count). The van der Waals surface area contributed by atoms with E-state index in [2.05, 4.69) is 10.4 Å². The van der Waals surface area contributed by atoms with Gasteiger partial charge in [0.15, 0.2) is 5.82 Å². The third-order valence-corrected chi connectivity index (χ3v) is 4.26. The molecule has 2 amide bonds. The summed E-state index contributed by atoms with van der Waals surface area (Å²) in [7, 11) is 0. The second-order valence-corrected chi connectivity index (χ2v) is 6.10. The van der Waals surface area contributed by atoms with Crippen LogP contribution in [0, 0.1) is 6.92 Å². The van der Waals surface area contributed by atoms with Crippen LogP contribution in [0.2, 0.25) is 5.02 Å². The number of hydrogen-bond donors (Lipinski definition) is 2. The maximum Gasteiger partial charge on any atom is 0.323 e. The Hall–Kier alpha value is -2.05. The number of rotatable bonds is 3. The molecule has 0 aliphatic carbocycles. The van der Waals surface area contributed by atoms with E-state index in [0.717, 1.165) is 24.2 Å². The van der Waals surface area contributed by atoms with E-state index in [4.69, 9.17) is 11.6 Å². The summed E-state index contributed by atoms with van der Waals surface area (Å²) in [5.74, 6) is 0.482. The molecule has 1 fully saturated rings. The standard InChI is InChI=1S/C16H19ClN4O2/c1-11-8-15(18-16(23)20-7-3-6-14(20)10-22)19-21(11)13-5-2-4-12(17)9-13/h2,4-5,8-9,14,22H,3,6-7,10H2,1H3,(H,18,19,23)/t14-/m1/s1. The van der Waals surface area contributed by atoms with Crippen molar-refractivity contribution in [2.75, 3.05) is 18.5 Å². The molecule has 0 saturated carbocycles. The van der Waals surface area contributed by atoms with Crippen molar-refractivity contribution in [1.29, 1.82) is 0 Å². The molecular weight excluding hydrogens is 316 g/mol. The van der Waals surface area contributed by atoms with Crippen LogP contribution in [0.3, 0.4) is 0 Å². The largest absolute Gasteiger partial charge is 0.394 e. The minimum Gasteiger partial charge on any atom is -0.394 e. The zero-order valence-electron chi connectivity index (χ0n) is 12.9. The monoisotopic (exact) mass is 334 g/mol. The number of anilines is 1. The van der Waals surface area contributed by atoms with Gasteiger partial charge >= 0.3 is 6.03 Å². The molecule has 1 aliphatic rings. The number of hydrogen-bond acceptors (Lipinski definition) is 3. The number of aliphatic hydroxyl groups excluding tert-OH is 1. The highest BCUT2D eigenvalue weighted by molar-refractivity contribution is 6.30. The molecule has 122 valence electrons. The average Bonchev–Trinajstić information content (AvgIpc) is 3.13. The topological polar surface area (TPSA) is 70.4 Å². The molecule has 0 unspecified atom stereocenters. The zero-order chi connectivity index (χ0) is 16.4. The normalized spacial score (nSPS) is 17.5. The highest BCUT2D eigenvalue weighted by atomic mass is 35.5. The van der Waals surface area contributed by atoms with Gasteiger partial charge in [-0.2, -0.15) is 0 Å². The van der Waals surface area contributed by atoms with E-state index < -0.39 is 0 Å². The Balaban J connectivity index is 1.77. The Labute approximate surface area is 139 Å². The smallest absolute Gasteiger partial charge is 0.323 e. The number of amides is 2. The van der Waals surface area contributed by atoms with Crippen molar-refractivity contribution in [1.82, 2.24) is 14.7 Å². The molecule has 6 nitrogen and oxygen atoms in total. The Morgan fingerprint density at radius 1 is 1.48 bits per heavy atom. The Kier molecular flexibility index (Phi) is 4.54. The van der Waals surface area contributed by atoms with Crippen molar-refractivity contribution in [2.24, 2.45) is 0 Å². The minimum atomic E-state index is -0.225. The molecule has 0 bridgehead atoms. The number of urea groups is 1. The number of likely N-dealkylation sites (tertiary alicyclic amines) is 1. The lowest BCUT2D eigenvalue weighted by molar-refractivity contribution is 0.166. The lowest BCUT2D eigenvalue weighted by Crippen LogP contribution is -2.40. The summed E-state index contributed by atoms with van der Waals surface area (Å²) in [6.45, 7) is 2.56. The lowest BCUT2D eigenvalue weighted by Gasteiger charge is -2.22. The van der Waals surface area contributed by atoms with Gasteiger partial charge in [-0.1, -0.05) is 17.7 Å². The minimum absolute atomic E-state index is 0.0105. The first-order valence-electron chi connectivity index (χ1n) is 7.59. The summed E-state index contributed by atoms with van der Waals surface area (Å²) in [5, 5.41) is 17.2. The first-order valence-corrected chi connectivity index (χ1v) is 7.97. The summed E-state index contributed by atoms with van der Waals surface area (Å²) < 4.78 is 1.73. The highest BCUT2D eigenvalue weighted by Gasteiger charge is 2.28. The molecule has 1 aliphatic heterocycles. The Morgan fingerprint density at radius 2 is 2.30 bits per heavy atom. The van der Waals surface area contributed by atoms with Crippen molar-refractivity contribution in [3.05, 3.63) is 41.0 Å². The van der Waals surface area contributed by atoms with Crippen LogP contribution >= 0.6 is 11.6 Å². The van der Waals surface area contributed by atoms with E-state index >= 15 is 0 Å². The fraction of sp³-hybridized carbons (Fsp3) is 0.375. The summed E-state index contributed by atoms with van der Waals surface area (Å²) in [4.78, 5) is 14.0. The highest BCUT2D eigenvalue weighted by Crippen LogP contribution is 2.21. The van der Waals surface area contributed by atoms with Gasteiger partial charge < -0.3 is 10.0 Å². The van der Waals surface area contributed by atoms with Gasteiger partial charge in [-0.3, -0.25) is 5.32 Å². The second-order valence-electron chi connectivity index (χ2n) is 5.66.